The number of esters is 1. The van der Waals surface area contributed by atoms with Crippen molar-refractivity contribution in [2.24, 2.45) is 0 Å². The number of carbonyl (C=O) groups excluding carboxylic acids is 2. The number of hydrogen-bond acceptors (Lipinski definition) is 8. The molecule has 186 valence electrons. The van der Waals surface area contributed by atoms with Gasteiger partial charge in [-0.3, -0.25) is 0 Å². The minimum atomic E-state index is -1.43. The Morgan fingerprint density at radius 3 is 2.47 bits per heavy atom. The molecular formula is C24H19FN2O7S2. The number of anilines is 2. The number of halogens is 1. The maximum absolute atomic E-state index is 14.7. The molecule has 0 atom stereocenters. The third-order valence-electron chi connectivity index (χ3n) is 5.07. The SMILES string of the molecule is COC(=O)c1scc(NC(=O)Nc2cc(OCc3csc4ccccc34)c(OC)cc2F)c1C(=O)O. The van der Waals surface area contributed by atoms with Gasteiger partial charge in [-0.1, -0.05) is 18.2 Å². The minimum Gasteiger partial charge on any atom is -0.493 e. The summed E-state index contributed by atoms with van der Waals surface area (Å²) in [6.45, 7) is 0.185. The Morgan fingerprint density at radius 2 is 1.75 bits per heavy atom. The maximum atomic E-state index is 14.7. The zero-order valence-corrected chi connectivity index (χ0v) is 20.6. The average Bonchev–Trinajstić information content (AvgIpc) is 3.48. The van der Waals surface area contributed by atoms with E-state index in [9.17, 15) is 23.9 Å². The van der Waals surface area contributed by atoms with Gasteiger partial charge in [-0.05, 0) is 16.8 Å². The van der Waals surface area contributed by atoms with E-state index in [1.807, 2.05) is 29.6 Å². The third kappa shape index (κ3) is 5.09. The smallest absolute Gasteiger partial charge is 0.349 e. The molecule has 0 radical (unpaired) electrons. The van der Waals surface area contributed by atoms with Crippen LogP contribution in [0, 0.1) is 5.82 Å². The van der Waals surface area contributed by atoms with Crippen molar-refractivity contribution in [3.8, 4) is 11.5 Å². The summed E-state index contributed by atoms with van der Waals surface area (Å²) in [5, 5.41) is 18.4. The molecule has 0 saturated heterocycles. The lowest BCUT2D eigenvalue weighted by atomic mass is 10.2. The third-order valence-corrected chi connectivity index (χ3v) is 7.04. The van der Waals surface area contributed by atoms with E-state index in [2.05, 4.69) is 15.4 Å². The molecule has 4 aromatic rings. The summed E-state index contributed by atoms with van der Waals surface area (Å²) < 4.78 is 31.4. The molecule has 0 unspecified atom stereocenters. The van der Waals surface area contributed by atoms with Crippen LogP contribution in [0.1, 0.15) is 25.6 Å². The lowest BCUT2D eigenvalue weighted by molar-refractivity contribution is 0.0589. The van der Waals surface area contributed by atoms with Crippen LogP contribution in [-0.2, 0) is 11.3 Å². The van der Waals surface area contributed by atoms with E-state index in [4.69, 9.17) is 9.47 Å². The largest absolute Gasteiger partial charge is 0.493 e. The van der Waals surface area contributed by atoms with Gasteiger partial charge in [0.25, 0.3) is 0 Å². The fourth-order valence-electron chi connectivity index (χ4n) is 3.38. The Bertz CT molecular complexity index is 1460. The predicted molar refractivity (Wildman–Crippen MR) is 134 cm³/mol. The van der Waals surface area contributed by atoms with Crippen molar-refractivity contribution in [3.63, 3.8) is 0 Å². The molecule has 0 aliphatic carbocycles. The van der Waals surface area contributed by atoms with Gasteiger partial charge in [-0.15, -0.1) is 22.7 Å². The Kier molecular flexibility index (Phi) is 7.36. The summed E-state index contributed by atoms with van der Waals surface area (Å²) in [6.07, 6.45) is 0. The van der Waals surface area contributed by atoms with Crippen LogP contribution in [0.3, 0.4) is 0 Å². The van der Waals surface area contributed by atoms with Crippen molar-refractivity contribution in [1.29, 1.82) is 0 Å². The number of thiophene rings is 2. The number of urea groups is 1. The highest BCUT2D eigenvalue weighted by molar-refractivity contribution is 7.17. The Balaban J connectivity index is 1.53. The summed E-state index contributed by atoms with van der Waals surface area (Å²) in [4.78, 5) is 35.8. The van der Waals surface area contributed by atoms with E-state index < -0.39 is 29.4 Å². The molecule has 3 N–H and O–H groups in total. The highest BCUT2D eigenvalue weighted by atomic mass is 32.1. The number of carbonyl (C=O) groups is 3. The van der Waals surface area contributed by atoms with Crippen molar-refractivity contribution in [2.75, 3.05) is 24.9 Å². The number of amides is 2. The first kappa shape index (κ1) is 24.9. The van der Waals surface area contributed by atoms with E-state index in [1.54, 1.807) is 11.3 Å². The molecule has 0 saturated carbocycles. The number of aromatic carboxylic acids is 1. The van der Waals surface area contributed by atoms with Crippen LogP contribution in [0.15, 0.2) is 47.2 Å². The summed E-state index contributed by atoms with van der Waals surface area (Å²) in [5.41, 5.74) is 0.150. The number of fused-ring (bicyclic) bond motifs is 1. The number of carboxylic acid groups (broad SMARTS) is 1. The van der Waals surface area contributed by atoms with Crippen LogP contribution < -0.4 is 20.1 Å². The van der Waals surface area contributed by atoms with E-state index in [1.165, 1.54) is 18.6 Å². The lowest BCUT2D eigenvalue weighted by Gasteiger charge is -2.14. The van der Waals surface area contributed by atoms with Crippen LogP contribution in [0.2, 0.25) is 0 Å². The normalized spacial score (nSPS) is 10.6. The Hall–Kier alpha value is -4.16. The molecule has 4 rings (SSSR count). The van der Waals surface area contributed by atoms with Gasteiger partial charge in [0.05, 0.1) is 25.6 Å². The van der Waals surface area contributed by atoms with Crippen molar-refractivity contribution in [2.45, 2.75) is 6.61 Å². The molecule has 2 aromatic carbocycles. The summed E-state index contributed by atoms with van der Waals surface area (Å²) >= 11 is 2.37. The predicted octanol–water partition coefficient (Wildman–Crippen LogP) is 5.82. The summed E-state index contributed by atoms with van der Waals surface area (Å²) in [6, 6.07) is 9.26. The molecule has 12 heteroatoms. The van der Waals surface area contributed by atoms with Gasteiger partial charge in [0.15, 0.2) is 17.3 Å². The molecule has 0 aliphatic rings. The molecule has 0 fully saturated rings. The fraction of sp³-hybridized carbons (Fsp3) is 0.125. The molecule has 0 bridgehead atoms. The Morgan fingerprint density at radius 1 is 1.00 bits per heavy atom. The molecule has 2 heterocycles. The highest BCUT2D eigenvalue weighted by Crippen LogP contribution is 2.35. The van der Waals surface area contributed by atoms with Gasteiger partial charge in [-0.25, -0.2) is 18.8 Å². The fourth-order valence-corrected chi connectivity index (χ4v) is 5.24. The van der Waals surface area contributed by atoms with Crippen molar-refractivity contribution in [3.05, 3.63) is 69.0 Å². The molecule has 9 nitrogen and oxygen atoms in total. The van der Waals surface area contributed by atoms with Crippen LogP contribution in [-0.4, -0.2) is 37.3 Å². The van der Waals surface area contributed by atoms with Crippen LogP contribution in [0.5, 0.6) is 11.5 Å². The van der Waals surface area contributed by atoms with Crippen molar-refractivity contribution in [1.82, 2.24) is 0 Å². The zero-order chi connectivity index (χ0) is 25.8. The molecule has 36 heavy (non-hydrogen) atoms. The van der Waals surface area contributed by atoms with Crippen LogP contribution in [0.4, 0.5) is 20.6 Å². The Labute approximate surface area is 212 Å². The van der Waals surface area contributed by atoms with Crippen LogP contribution in [0.25, 0.3) is 10.1 Å². The zero-order valence-electron chi connectivity index (χ0n) is 18.9. The standard InChI is InChI=1S/C24H19FN2O7S2/c1-32-17-7-14(25)15(8-18(17)34-9-12-10-35-19-6-4-3-5-13(12)19)26-24(31)27-16-11-36-21(23(30)33-2)20(16)22(28)29/h3-8,10-11H,9H2,1-2H3,(H,28,29)(H2,26,27,31). The number of rotatable bonds is 8. The molecule has 0 aliphatic heterocycles. The number of hydrogen-bond donors (Lipinski definition) is 3. The van der Waals surface area contributed by atoms with Crippen LogP contribution >= 0.6 is 22.7 Å². The van der Waals surface area contributed by atoms with Gasteiger partial charge < -0.3 is 30.0 Å². The maximum Gasteiger partial charge on any atom is 0.349 e. The van der Waals surface area contributed by atoms with E-state index in [-0.39, 0.29) is 34.4 Å². The molecule has 2 amide bonds. The van der Waals surface area contributed by atoms with Crippen molar-refractivity contribution < 1.29 is 38.1 Å². The number of nitrogens with one attached hydrogen (secondary N) is 2. The number of carboxylic acids is 1. The first-order chi connectivity index (χ1) is 17.3. The van der Waals surface area contributed by atoms with Gasteiger partial charge in [0.2, 0.25) is 0 Å². The molecule has 0 spiro atoms. The second kappa shape index (κ2) is 10.6. The van der Waals surface area contributed by atoms with Gasteiger partial charge in [0, 0.05) is 27.8 Å². The highest BCUT2D eigenvalue weighted by Gasteiger charge is 2.25. The van der Waals surface area contributed by atoms with Crippen molar-refractivity contribution >= 4 is 62.1 Å². The number of methoxy groups -OCH3 is 2. The van der Waals surface area contributed by atoms with E-state index in [0.29, 0.717) is 0 Å². The quantitative estimate of drug-likeness (QED) is 0.245. The lowest BCUT2D eigenvalue weighted by Crippen LogP contribution is -2.21. The van der Waals surface area contributed by atoms with E-state index in [0.717, 1.165) is 40.2 Å². The van der Waals surface area contributed by atoms with E-state index >= 15 is 0 Å². The second-order valence-electron chi connectivity index (χ2n) is 7.26. The second-order valence-corrected chi connectivity index (χ2v) is 9.05. The molecule has 2 aromatic heterocycles. The number of ether oxygens (including phenoxy) is 3. The topological polar surface area (TPSA) is 123 Å². The van der Waals surface area contributed by atoms with Gasteiger partial charge in [0.1, 0.15) is 17.0 Å². The minimum absolute atomic E-state index is 0.131. The number of benzene rings is 2. The average molecular weight is 531 g/mol. The summed E-state index contributed by atoms with van der Waals surface area (Å²) in [5.74, 6) is -2.76. The van der Waals surface area contributed by atoms with Gasteiger partial charge in [-0.2, -0.15) is 0 Å². The van der Waals surface area contributed by atoms with Gasteiger partial charge >= 0.3 is 18.0 Å². The molecular weight excluding hydrogens is 511 g/mol. The monoisotopic (exact) mass is 530 g/mol. The summed E-state index contributed by atoms with van der Waals surface area (Å²) in [7, 11) is 2.48. The first-order valence-corrected chi connectivity index (χ1v) is 12.0. The first-order valence-electron chi connectivity index (χ1n) is 10.3.